The van der Waals surface area contributed by atoms with Crippen LogP contribution in [-0.2, 0) is 9.59 Å². The highest BCUT2D eigenvalue weighted by atomic mass is 16.6. The predicted octanol–water partition coefficient (Wildman–Crippen LogP) is 0.877. The number of carboxylic acid groups (broad SMARTS) is 2. The van der Waals surface area contributed by atoms with E-state index in [1.54, 1.807) is 0 Å². The van der Waals surface area contributed by atoms with E-state index in [0.717, 1.165) is 6.08 Å². The topological polar surface area (TPSA) is 118 Å². The first-order valence-corrected chi connectivity index (χ1v) is 4.24. The van der Waals surface area contributed by atoms with Gasteiger partial charge in [-0.2, -0.15) is 0 Å². The van der Waals surface area contributed by atoms with Gasteiger partial charge in [0.05, 0.1) is 4.92 Å². The largest absolute Gasteiger partial charge is 0.481 e. The molecule has 84 valence electrons. The molecule has 0 aromatic rings. The molecule has 0 amide bonds. The van der Waals surface area contributed by atoms with Gasteiger partial charge in [-0.1, -0.05) is 0 Å². The molecule has 2 N–H and O–H groups in total. The molecule has 0 bridgehead atoms. The van der Waals surface area contributed by atoms with Crippen LogP contribution in [0.2, 0.25) is 0 Å². The molecule has 15 heavy (non-hydrogen) atoms. The van der Waals surface area contributed by atoms with Crippen molar-refractivity contribution in [2.45, 2.75) is 25.7 Å². The minimum Gasteiger partial charge on any atom is -0.481 e. The number of carboxylic acids is 2. The van der Waals surface area contributed by atoms with Crippen molar-refractivity contribution in [1.29, 1.82) is 0 Å². The van der Waals surface area contributed by atoms with E-state index in [4.69, 9.17) is 10.2 Å². The third-order valence-electron chi connectivity index (χ3n) is 1.60. The number of aliphatic carboxylic acids is 2. The van der Waals surface area contributed by atoms with Crippen LogP contribution in [0, 0.1) is 10.1 Å². The summed E-state index contributed by atoms with van der Waals surface area (Å²) < 4.78 is 0. The number of hydrogen-bond donors (Lipinski definition) is 2. The first-order valence-electron chi connectivity index (χ1n) is 4.24. The maximum absolute atomic E-state index is 10.3. The smallest absolute Gasteiger partial charge is 0.407 e. The molecule has 0 aliphatic carbocycles. The summed E-state index contributed by atoms with van der Waals surface area (Å²) >= 11 is 0. The maximum Gasteiger partial charge on any atom is 0.407 e. The lowest BCUT2D eigenvalue weighted by atomic mass is 10.2. The van der Waals surface area contributed by atoms with Crippen LogP contribution in [0.5, 0.6) is 0 Å². The SMILES string of the molecule is O=C(O)CCCCC=C(C(=O)O)[N+](=O)[O-]. The molecule has 0 unspecified atom stereocenters. The van der Waals surface area contributed by atoms with Gasteiger partial charge in [-0.05, 0) is 19.3 Å². The molecule has 0 aliphatic rings. The molecule has 0 heterocycles. The van der Waals surface area contributed by atoms with Crippen molar-refractivity contribution >= 4 is 11.9 Å². The Balaban J connectivity index is 3.97. The van der Waals surface area contributed by atoms with Gasteiger partial charge in [0.2, 0.25) is 0 Å². The Morgan fingerprint density at radius 2 is 1.87 bits per heavy atom. The average Bonchev–Trinajstić information content (AvgIpc) is 2.08. The van der Waals surface area contributed by atoms with Crippen molar-refractivity contribution in [1.82, 2.24) is 0 Å². The van der Waals surface area contributed by atoms with E-state index in [2.05, 4.69) is 0 Å². The van der Waals surface area contributed by atoms with Crippen LogP contribution in [0.15, 0.2) is 11.8 Å². The normalized spacial score (nSPS) is 11.1. The van der Waals surface area contributed by atoms with Crippen molar-refractivity contribution in [3.05, 3.63) is 21.9 Å². The van der Waals surface area contributed by atoms with Crippen LogP contribution in [-0.4, -0.2) is 27.1 Å². The number of allylic oxidation sites excluding steroid dienone is 1. The lowest BCUT2D eigenvalue weighted by Crippen LogP contribution is -2.09. The molecule has 0 aromatic heterocycles. The lowest BCUT2D eigenvalue weighted by Gasteiger charge is -1.94. The third kappa shape index (κ3) is 6.19. The summed E-state index contributed by atoms with van der Waals surface area (Å²) in [5.41, 5.74) is -0.870. The highest BCUT2D eigenvalue weighted by Gasteiger charge is 2.19. The van der Waals surface area contributed by atoms with Crippen LogP contribution >= 0.6 is 0 Å². The highest BCUT2D eigenvalue weighted by Crippen LogP contribution is 2.04. The Morgan fingerprint density at radius 1 is 1.27 bits per heavy atom. The van der Waals surface area contributed by atoms with Gasteiger partial charge in [0, 0.05) is 12.5 Å². The molecule has 0 spiro atoms. The fourth-order valence-corrected chi connectivity index (χ4v) is 0.899. The molecule has 0 saturated carbocycles. The van der Waals surface area contributed by atoms with E-state index in [0.29, 0.717) is 12.8 Å². The van der Waals surface area contributed by atoms with Gasteiger partial charge in [0.15, 0.2) is 0 Å². The standard InChI is InChI=1S/C8H11NO6/c10-7(11)5-3-1-2-4-6(8(12)13)9(14)15/h4H,1-3,5H2,(H,10,11)(H,12,13). The second-order valence-electron chi connectivity index (χ2n) is 2.79. The Labute approximate surface area is 85.2 Å². The average molecular weight is 217 g/mol. The molecule has 7 heteroatoms. The zero-order chi connectivity index (χ0) is 11.8. The number of hydrogen-bond acceptors (Lipinski definition) is 4. The van der Waals surface area contributed by atoms with E-state index >= 15 is 0 Å². The van der Waals surface area contributed by atoms with Crippen LogP contribution < -0.4 is 0 Å². The molecular formula is C8H11NO6. The molecule has 0 aromatic carbocycles. The number of nitro groups is 1. The molecule has 0 fully saturated rings. The quantitative estimate of drug-likeness (QED) is 0.283. The van der Waals surface area contributed by atoms with E-state index in [-0.39, 0.29) is 12.8 Å². The summed E-state index contributed by atoms with van der Waals surface area (Å²) in [5, 5.41) is 26.8. The van der Waals surface area contributed by atoms with Crippen molar-refractivity contribution in [2.75, 3.05) is 0 Å². The van der Waals surface area contributed by atoms with Crippen molar-refractivity contribution in [2.24, 2.45) is 0 Å². The Bertz CT molecular complexity index is 280. The lowest BCUT2D eigenvalue weighted by molar-refractivity contribution is -0.421. The third-order valence-corrected chi connectivity index (χ3v) is 1.60. The van der Waals surface area contributed by atoms with Crippen molar-refractivity contribution in [3.63, 3.8) is 0 Å². The molecule has 0 aliphatic heterocycles. The van der Waals surface area contributed by atoms with Crippen LogP contribution in [0.4, 0.5) is 0 Å². The Hall–Kier alpha value is -1.92. The number of carbonyl (C=O) groups is 2. The fraction of sp³-hybridized carbons (Fsp3) is 0.500. The monoisotopic (exact) mass is 217 g/mol. The van der Waals surface area contributed by atoms with E-state index in [1.165, 1.54) is 0 Å². The first kappa shape index (κ1) is 13.1. The number of unbranched alkanes of at least 4 members (excludes halogenated alkanes) is 2. The second kappa shape index (κ2) is 6.52. The van der Waals surface area contributed by atoms with Crippen LogP contribution in [0.3, 0.4) is 0 Å². The highest BCUT2D eigenvalue weighted by molar-refractivity contribution is 5.83. The summed E-state index contributed by atoms with van der Waals surface area (Å²) in [7, 11) is 0. The van der Waals surface area contributed by atoms with E-state index in [9.17, 15) is 19.7 Å². The summed E-state index contributed by atoms with van der Waals surface area (Å²) in [6, 6.07) is 0. The summed E-state index contributed by atoms with van der Waals surface area (Å²) in [6.45, 7) is 0. The van der Waals surface area contributed by atoms with Crippen LogP contribution in [0.1, 0.15) is 25.7 Å². The molecule has 0 rings (SSSR count). The van der Waals surface area contributed by atoms with Gasteiger partial charge >= 0.3 is 17.6 Å². The van der Waals surface area contributed by atoms with Gasteiger partial charge in [0.1, 0.15) is 0 Å². The minimum absolute atomic E-state index is 0.0191. The Kier molecular flexibility index (Phi) is 5.69. The second-order valence-corrected chi connectivity index (χ2v) is 2.79. The first-order chi connectivity index (χ1) is 6.95. The van der Waals surface area contributed by atoms with Gasteiger partial charge < -0.3 is 10.2 Å². The number of nitrogens with zero attached hydrogens (tertiary/aromatic N) is 1. The zero-order valence-electron chi connectivity index (χ0n) is 7.88. The molecular weight excluding hydrogens is 206 g/mol. The summed E-state index contributed by atoms with van der Waals surface area (Å²) in [6.07, 6.45) is 1.95. The van der Waals surface area contributed by atoms with Crippen molar-refractivity contribution < 1.29 is 24.7 Å². The maximum atomic E-state index is 10.3. The van der Waals surface area contributed by atoms with Crippen molar-refractivity contribution in [3.8, 4) is 0 Å². The van der Waals surface area contributed by atoms with Gasteiger partial charge in [0.25, 0.3) is 0 Å². The molecule has 7 nitrogen and oxygen atoms in total. The summed E-state index contributed by atoms with van der Waals surface area (Å²) in [4.78, 5) is 29.6. The zero-order valence-corrected chi connectivity index (χ0v) is 7.88. The Morgan fingerprint density at radius 3 is 2.27 bits per heavy atom. The van der Waals surface area contributed by atoms with E-state index < -0.39 is 22.6 Å². The van der Waals surface area contributed by atoms with E-state index in [1.807, 2.05) is 0 Å². The molecule has 0 radical (unpaired) electrons. The van der Waals surface area contributed by atoms with Gasteiger partial charge in [-0.25, -0.2) is 4.79 Å². The molecule has 0 atom stereocenters. The molecule has 0 saturated heterocycles. The fourth-order valence-electron chi connectivity index (χ4n) is 0.899. The van der Waals surface area contributed by atoms with Gasteiger partial charge in [-0.3, -0.25) is 14.9 Å². The summed E-state index contributed by atoms with van der Waals surface area (Å²) in [5.74, 6) is -2.52. The predicted molar refractivity (Wildman–Crippen MR) is 48.8 cm³/mol. The van der Waals surface area contributed by atoms with Crippen LogP contribution in [0.25, 0.3) is 0 Å². The minimum atomic E-state index is -1.58. The number of rotatable bonds is 7. The van der Waals surface area contributed by atoms with Gasteiger partial charge in [-0.15, -0.1) is 0 Å².